The molecule has 2 heterocycles. The molecule has 0 bridgehead atoms. The lowest BCUT2D eigenvalue weighted by molar-refractivity contribution is 0.0730. The summed E-state index contributed by atoms with van der Waals surface area (Å²) in [6, 6.07) is 8.43. The average Bonchev–Trinajstić information content (AvgIpc) is 3.29. The molecule has 7 nitrogen and oxygen atoms in total. The first kappa shape index (κ1) is 23.6. The predicted molar refractivity (Wildman–Crippen MR) is 120 cm³/mol. The van der Waals surface area contributed by atoms with Crippen molar-refractivity contribution in [3.05, 3.63) is 59.2 Å². The van der Waals surface area contributed by atoms with Gasteiger partial charge in [-0.15, -0.1) is 0 Å². The van der Waals surface area contributed by atoms with Crippen LogP contribution in [0, 0.1) is 24.5 Å². The zero-order chi connectivity index (χ0) is 23.6. The molecular formula is C23H27F2N3O4S. The molecule has 2 aliphatic heterocycles. The predicted octanol–water partition coefficient (Wildman–Crippen LogP) is 2.55. The molecule has 0 saturated carbocycles. The molecule has 1 amide bonds. The number of ether oxygens (including phenoxy) is 1. The van der Waals surface area contributed by atoms with Crippen molar-refractivity contribution in [3.8, 4) is 0 Å². The number of carbonyl (C=O) groups is 1. The summed E-state index contributed by atoms with van der Waals surface area (Å²) in [5.74, 6) is -1.96. The first-order valence-electron chi connectivity index (χ1n) is 10.9. The van der Waals surface area contributed by atoms with E-state index in [0.29, 0.717) is 49.7 Å². The van der Waals surface area contributed by atoms with Gasteiger partial charge in [0.25, 0.3) is 5.91 Å². The molecule has 178 valence electrons. The number of halogens is 2. The van der Waals surface area contributed by atoms with Gasteiger partial charge in [-0.3, -0.25) is 4.79 Å². The Morgan fingerprint density at radius 2 is 1.85 bits per heavy atom. The second-order valence-electron chi connectivity index (χ2n) is 8.40. The van der Waals surface area contributed by atoms with Gasteiger partial charge in [-0.25, -0.2) is 17.2 Å². The zero-order valence-corrected chi connectivity index (χ0v) is 19.2. The van der Waals surface area contributed by atoms with Gasteiger partial charge in [0.1, 0.15) is 0 Å². The Morgan fingerprint density at radius 3 is 2.58 bits per heavy atom. The number of benzene rings is 2. The maximum atomic E-state index is 13.5. The lowest BCUT2D eigenvalue weighted by Gasteiger charge is -2.26. The van der Waals surface area contributed by atoms with Crippen LogP contribution < -0.4 is 10.2 Å². The zero-order valence-electron chi connectivity index (χ0n) is 18.4. The van der Waals surface area contributed by atoms with Crippen LogP contribution >= 0.6 is 0 Å². The van der Waals surface area contributed by atoms with Crippen molar-refractivity contribution >= 4 is 21.6 Å². The van der Waals surface area contributed by atoms with Crippen LogP contribution in [0.5, 0.6) is 0 Å². The third-order valence-electron chi connectivity index (χ3n) is 6.17. The molecule has 1 unspecified atom stereocenters. The molecule has 2 fully saturated rings. The van der Waals surface area contributed by atoms with Crippen LogP contribution in [0.2, 0.25) is 0 Å². The highest BCUT2D eigenvalue weighted by Gasteiger charge is 2.28. The van der Waals surface area contributed by atoms with Gasteiger partial charge in [0.2, 0.25) is 10.0 Å². The quantitative estimate of drug-likeness (QED) is 0.689. The largest absolute Gasteiger partial charge is 0.379 e. The smallest absolute Gasteiger partial charge is 0.251 e. The number of sulfonamides is 1. The molecule has 4 rings (SSSR count). The Morgan fingerprint density at radius 1 is 1.09 bits per heavy atom. The number of hydrogen-bond acceptors (Lipinski definition) is 5. The molecule has 0 radical (unpaired) electrons. The van der Waals surface area contributed by atoms with Crippen LogP contribution in [-0.2, 0) is 14.8 Å². The Hall–Kier alpha value is -2.56. The minimum Gasteiger partial charge on any atom is -0.379 e. The number of amides is 1. The summed E-state index contributed by atoms with van der Waals surface area (Å²) in [5.41, 5.74) is 1.61. The van der Waals surface area contributed by atoms with E-state index in [4.69, 9.17) is 4.74 Å². The molecule has 33 heavy (non-hydrogen) atoms. The fraction of sp³-hybridized carbons (Fsp3) is 0.435. The molecule has 0 aromatic heterocycles. The van der Waals surface area contributed by atoms with Crippen molar-refractivity contribution in [2.24, 2.45) is 5.92 Å². The van der Waals surface area contributed by atoms with E-state index in [9.17, 15) is 22.0 Å². The van der Waals surface area contributed by atoms with Crippen LogP contribution in [-0.4, -0.2) is 64.6 Å². The monoisotopic (exact) mass is 479 g/mol. The molecule has 2 saturated heterocycles. The maximum Gasteiger partial charge on any atom is 0.251 e. The van der Waals surface area contributed by atoms with Gasteiger partial charge < -0.3 is 15.0 Å². The topological polar surface area (TPSA) is 78.9 Å². The standard InChI is InChI=1S/C23H27F2N3O4S/c1-16-2-4-19(33(30,31)28-8-10-32-11-9-28)13-20(16)23(29)26-14-17-6-7-27(15-17)18-3-5-21(24)22(25)12-18/h2-5,12-13,17H,6-11,14-15H2,1H3,(H,26,29). The number of nitrogens with one attached hydrogen (secondary N) is 1. The van der Waals surface area contributed by atoms with Crippen molar-refractivity contribution in [2.45, 2.75) is 18.2 Å². The van der Waals surface area contributed by atoms with E-state index < -0.39 is 21.7 Å². The van der Waals surface area contributed by atoms with Crippen LogP contribution in [0.15, 0.2) is 41.3 Å². The molecular weight excluding hydrogens is 452 g/mol. The highest BCUT2D eigenvalue weighted by molar-refractivity contribution is 7.89. The summed E-state index contributed by atoms with van der Waals surface area (Å²) in [4.78, 5) is 14.9. The summed E-state index contributed by atoms with van der Waals surface area (Å²) in [7, 11) is -3.70. The summed E-state index contributed by atoms with van der Waals surface area (Å²) >= 11 is 0. The Bertz CT molecular complexity index is 1140. The molecule has 1 atom stereocenters. The van der Waals surface area contributed by atoms with Crippen molar-refractivity contribution in [3.63, 3.8) is 0 Å². The molecule has 2 aromatic carbocycles. The van der Waals surface area contributed by atoms with E-state index >= 15 is 0 Å². The maximum absolute atomic E-state index is 13.5. The average molecular weight is 480 g/mol. The lowest BCUT2D eigenvalue weighted by atomic mass is 10.1. The fourth-order valence-corrected chi connectivity index (χ4v) is 5.62. The molecule has 2 aromatic rings. The Kier molecular flexibility index (Phi) is 6.96. The number of aryl methyl sites for hydroxylation is 1. The van der Waals surface area contributed by atoms with Gasteiger partial charge in [0.05, 0.1) is 18.1 Å². The van der Waals surface area contributed by atoms with Crippen LogP contribution in [0.25, 0.3) is 0 Å². The molecule has 1 N–H and O–H groups in total. The molecule has 0 aliphatic carbocycles. The fourth-order valence-electron chi connectivity index (χ4n) is 4.19. The molecule has 10 heteroatoms. The first-order chi connectivity index (χ1) is 15.8. The third-order valence-corrected chi connectivity index (χ3v) is 8.06. The molecule has 0 spiro atoms. The van der Waals surface area contributed by atoms with Crippen molar-refractivity contribution in [2.75, 3.05) is 50.8 Å². The van der Waals surface area contributed by atoms with Gasteiger partial charge in [0.15, 0.2) is 11.6 Å². The minimum atomic E-state index is -3.70. The van der Waals surface area contributed by atoms with Crippen LogP contribution in [0.4, 0.5) is 14.5 Å². The highest BCUT2D eigenvalue weighted by atomic mass is 32.2. The second kappa shape index (κ2) is 9.74. The summed E-state index contributed by atoms with van der Waals surface area (Å²) in [6.45, 7) is 4.72. The van der Waals surface area contributed by atoms with Crippen molar-refractivity contribution < 1.29 is 26.7 Å². The number of carbonyl (C=O) groups excluding carboxylic acids is 1. The second-order valence-corrected chi connectivity index (χ2v) is 10.3. The Balaban J connectivity index is 1.39. The Labute approximate surface area is 192 Å². The van der Waals surface area contributed by atoms with E-state index in [1.165, 1.54) is 22.5 Å². The summed E-state index contributed by atoms with van der Waals surface area (Å²) < 4.78 is 59.2. The van der Waals surface area contributed by atoms with Crippen LogP contribution in [0.1, 0.15) is 22.3 Å². The van der Waals surface area contributed by atoms with Gasteiger partial charge in [0, 0.05) is 50.0 Å². The van der Waals surface area contributed by atoms with E-state index in [1.54, 1.807) is 19.1 Å². The number of anilines is 1. The minimum absolute atomic E-state index is 0.0885. The first-order valence-corrected chi connectivity index (χ1v) is 12.4. The molecule has 2 aliphatic rings. The number of nitrogens with zero attached hydrogens (tertiary/aromatic N) is 2. The normalized spacial score (nSPS) is 19.6. The number of morpholine rings is 1. The van der Waals surface area contributed by atoms with Gasteiger partial charge in [-0.2, -0.15) is 4.31 Å². The van der Waals surface area contributed by atoms with E-state index in [2.05, 4.69) is 5.32 Å². The van der Waals surface area contributed by atoms with Gasteiger partial charge in [-0.05, 0) is 49.1 Å². The van der Waals surface area contributed by atoms with Gasteiger partial charge in [-0.1, -0.05) is 6.07 Å². The highest BCUT2D eigenvalue weighted by Crippen LogP contribution is 2.25. The van der Waals surface area contributed by atoms with E-state index in [1.807, 2.05) is 4.90 Å². The van der Waals surface area contributed by atoms with Gasteiger partial charge >= 0.3 is 0 Å². The van der Waals surface area contributed by atoms with E-state index in [-0.39, 0.29) is 29.8 Å². The third kappa shape index (κ3) is 5.18. The number of rotatable bonds is 6. The number of hydrogen-bond donors (Lipinski definition) is 1. The van der Waals surface area contributed by atoms with Crippen molar-refractivity contribution in [1.82, 2.24) is 9.62 Å². The van der Waals surface area contributed by atoms with E-state index in [0.717, 1.165) is 12.5 Å². The SMILES string of the molecule is Cc1ccc(S(=O)(=O)N2CCOCC2)cc1C(=O)NCC1CCN(c2ccc(F)c(F)c2)C1. The summed E-state index contributed by atoms with van der Waals surface area (Å²) in [6.07, 6.45) is 0.795. The lowest BCUT2D eigenvalue weighted by Crippen LogP contribution is -2.40. The summed E-state index contributed by atoms with van der Waals surface area (Å²) in [5, 5.41) is 2.90. The van der Waals surface area contributed by atoms with Crippen LogP contribution in [0.3, 0.4) is 0 Å². The van der Waals surface area contributed by atoms with Crippen molar-refractivity contribution in [1.29, 1.82) is 0 Å².